The Morgan fingerprint density at radius 1 is 1.45 bits per heavy atom. The molecule has 4 nitrogen and oxygen atoms in total. The van der Waals surface area contributed by atoms with Crippen molar-refractivity contribution in [2.45, 2.75) is 18.9 Å². The number of carbonyl (C=O) groups excluding carboxylic acids is 1. The monoisotopic (exact) mass is 393 g/mol. The minimum atomic E-state index is -0.331. The van der Waals surface area contributed by atoms with E-state index in [9.17, 15) is 9.18 Å². The Bertz CT molecular complexity index is 475. The second-order valence-corrected chi connectivity index (χ2v) is 5.87. The maximum Gasteiger partial charge on any atom is 0.254 e. The van der Waals surface area contributed by atoms with Crippen molar-refractivity contribution in [3.05, 3.63) is 33.1 Å². The number of aliphatic hydroxyl groups is 1. The number of halogens is 2. The summed E-state index contributed by atoms with van der Waals surface area (Å²) in [4.78, 5) is 14.1. The Balaban J connectivity index is 1.94. The summed E-state index contributed by atoms with van der Waals surface area (Å²) in [5.74, 6) is -0.392. The Morgan fingerprint density at radius 2 is 2.15 bits per heavy atom. The molecular formula is C14H17FINO3. The minimum absolute atomic E-state index is 0.0208. The molecular weight excluding hydrogens is 376 g/mol. The quantitative estimate of drug-likeness (QED) is 0.797. The van der Waals surface area contributed by atoms with E-state index in [0.717, 1.165) is 12.8 Å². The Kier molecular flexibility index (Phi) is 5.74. The van der Waals surface area contributed by atoms with Crippen LogP contribution in [0.15, 0.2) is 18.2 Å². The number of ether oxygens (including phenoxy) is 1. The van der Waals surface area contributed by atoms with Crippen LogP contribution in [0, 0.1) is 9.39 Å². The number of benzene rings is 1. The molecule has 20 heavy (non-hydrogen) atoms. The zero-order chi connectivity index (χ0) is 14.5. The van der Waals surface area contributed by atoms with Crippen LogP contribution in [0.2, 0.25) is 0 Å². The molecule has 2 rings (SSSR count). The first-order valence-electron chi connectivity index (χ1n) is 6.58. The van der Waals surface area contributed by atoms with Gasteiger partial charge in [-0.15, -0.1) is 0 Å². The summed E-state index contributed by atoms with van der Waals surface area (Å²) in [6, 6.07) is 4.21. The lowest BCUT2D eigenvalue weighted by molar-refractivity contribution is -0.00556. The van der Waals surface area contributed by atoms with Gasteiger partial charge in [-0.05, 0) is 53.6 Å². The normalized spacial score (nSPS) is 16.4. The van der Waals surface area contributed by atoms with Crippen molar-refractivity contribution in [1.82, 2.24) is 4.90 Å². The highest BCUT2D eigenvalue weighted by Gasteiger charge is 2.25. The molecule has 0 bridgehead atoms. The number of likely N-dealkylation sites (tertiary alicyclic amines) is 1. The third-order valence-corrected chi connectivity index (χ3v) is 4.23. The number of carbonyl (C=O) groups is 1. The van der Waals surface area contributed by atoms with Gasteiger partial charge >= 0.3 is 0 Å². The molecule has 0 spiro atoms. The van der Waals surface area contributed by atoms with Crippen LogP contribution in [0.3, 0.4) is 0 Å². The van der Waals surface area contributed by atoms with Crippen LogP contribution in [0.5, 0.6) is 0 Å². The van der Waals surface area contributed by atoms with Crippen molar-refractivity contribution < 1.29 is 19.0 Å². The Morgan fingerprint density at radius 3 is 2.75 bits per heavy atom. The van der Waals surface area contributed by atoms with Crippen molar-refractivity contribution >= 4 is 28.5 Å². The smallest absolute Gasteiger partial charge is 0.254 e. The number of nitrogens with zero attached hydrogens (tertiary/aromatic N) is 1. The van der Waals surface area contributed by atoms with Crippen molar-refractivity contribution in [2.75, 3.05) is 26.3 Å². The van der Waals surface area contributed by atoms with Gasteiger partial charge in [0.2, 0.25) is 0 Å². The highest BCUT2D eigenvalue weighted by atomic mass is 127. The second kappa shape index (κ2) is 7.33. The molecule has 1 fully saturated rings. The van der Waals surface area contributed by atoms with E-state index in [4.69, 9.17) is 9.84 Å². The predicted octanol–water partition coefficient (Wildman–Crippen LogP) is 2.04. The molecule has 0 atom stereocenters. The minimum Gasteiger partial charge on any atom is -0.394 e. The molecule has 0 radical (unpaired) electrons. The molecule has 1 saturated heterocycles. The Labute approximate surface area is 131 Å². The van der Waals surface area contributed by atoms with Crippen LogP contribution in [0.25, 0.3) is 0 Å². The van der Waals surface area contributed by atoms with E-state index in [-0.39, 0.29) is 24.4 Å². The van der Waals surface area contributed by atoms with E-state index in [0.29, 0.717) is 28.8 Å². The first-order chi connectivity index (χ1) is 9.61. The fraction of sp³-hybridized carbons (Fsp3) is 0.500. The fourth-order valence-electron chi connectivity index (χ4n) is 2.28. The third-order valence-electron chi connectivity index (χ3n) is 3.34. The van der Waals surface area contributed by atoms with Crippen molar-refractivity contribution in [1.29, 1.82) is 0 Å². The topological polar surface area (TPSA) is 49.8 Å². The fourth-order valence-corrected chi connectivity index (χ4v) is 2.99. The van der Waals surface area contributed by atoms with Gasteiger partial charge in [-0.2, -0.15) is 0 Å². The molecule has 1 N–H and O–H groups in total. The second-order valence-electron chi connectivity index (χ2n) is 4.71. The van der Waals surface area contributed by atoms with Gasteiger partial charge < -0.3 is 14.7 Å². The molecule has 0 saturated carbocycles. The molecule has 0 aliphatic carbocycles. The predicted molar refractivity (Wildman–Crippen MR) is 81.1 cm³/mol. The molecule has 1 aliphatic heterocycles. The summed E-state index contributed by atoms with van der Waals surface area (Å²) in [6.07, 6.45) is 1.64. The number of aliphatic hydroxyl groups excluding tert-OH is 1. The van der Waals surface area contributed by atoms with E-state index in [1.165, 1.54) is 18.2 Å². The molecule has 1 aromatic carbocycles. The van der Waals surface area contributed by atoms with Crippen molar-refractivity contribution in [2.24, 2.45) is 0 Å². The number of hydrogen-bond donors (Lipinski definition) is 1. The van der Waals surface area contributed by atoms with Gasteiger partial charge in [-0.1, -0.05) is 0 Å². The maximum absolute atomic E-state index is 13.1. The highest BCUT2D eigenvalue weighted by molar-refractivity contribution is 14.1. The largest absolute Gasteiger partial charge is 0.394 e. The zero-order valence-corrected chi connectivity index (χ0v) is 13.2. The van der Waals surface area contributed by atoms with Gasteiger partial charge in [0.05, 0.1) is 24.9 Å². The van der Waals surface area contributed by atoms with E-state index < -0.39 is 0 Å². The van der Waals surface area contributed by atoms with E-state index >= 15 is 0 Å². The van der Waals surface area contributed by atoms with Gasteiger partial charge in [-0.25, -0.2) is 4.39 Å². The lowest BCUT2D eigenvalue weighted by Crippen LogP contribution is -2.41. The van der Waals surface area contributed by atoms with Crippen molar-refractivity contribution in [3.8, 4) is 0 Å². The maximum atomic E-state index is 13.1. The summed E-state index contributed by atoms with van der Waals surface area (Å²) >= 11 is 1.98. The number of amides is 1. The standard InChI is InChI=1S/C14H17FINO3/c15-10-1-2-12(13(16)9-10)14(19)17-5-3-11(4-6-17)20-8-7-18/h1-2,9,11,18H,3-8H2. The summed E-state index contributed by atoms with van der Waals surface area (Å²) < 4.78 is 19.2. The number of hydrogen-bond acceptors (Lipinski definition) is 3. The third kappa shape index (κ3) is 3.89. The van der Waals surface area contributed by atoms with Crippen molar-refractivity contribution in [3.63, 3.8) is 0 Å². The lowest BCUT2D eigenvalue weighted by Gasteiger charge is -2.32. The van der Waals surface area contributed by atoms with E-state index in [1.807, 2.05) is 22.6 Å². The van der Waals surface area contributed by atoms with Crippen LogP contribution in [0.4, 0.5) is 4.39 Å². The number of piperidine rings is 1. The zero-order valence-electron chi connectivity index (χ0n) is 11.0. The molecule has 0 unspecified atom stereocenters. The highest BCUT2D eigenvalue weighted by Crippen LogP contribution is 2.20. The first-order valence-corrected chi connectivity index (χ1v) is 7.66. The van der Waals surface area contributed by atoms with Gasteiger partial charge in [0.15, 0.2) is 0 Å². The van der Waals surface area contributed by atoms with Gasteiger partial charge in [0, 0.05) is 16.7 Å². The number of rotatable bonds is 4. The van der Waals surface area contributed by atoms with Gasteiger partial charge in [-0.3, -0.25) is 4.79 Å². The summed E-state index contributed by atoms with van der Waals surface area (Å²) in [5.41, 5.74) is 0.543. The van der Waals surface area contributed by atoms with Crippen LogP contribution in [0.1, 0.15) is 23.2 Å². The molecule has 1 heterocycles. The van der Waals surface area contributed by atoms with Gasteiger partial charge in [0.1, 0.15) is 5.82 Å². The SMILES string of the molecule is O=C(c1ccc(F)cc1I)N1CCC(OCCO)CC1. The summed E-state index contributed by atoms with van der Waals surface area (Å²) in [5, 5.41) is 8.72. The molecule has 1 amide bonds. The van der Waals surface area contributed by atoms with Crippen LogP contribution in [-0.4, -0.2) is 48.3 Å². The summed E-state index contributed by atoms with van der Waals surface area (Å²) in [6.45, 7) is 1.62. The molecule has 1 aliphatic rings. The van der Waals surface area contributed by atoms with Crippen LogP contribution >= 0.6 is 22.6 Å². The van der Waals surface area contributed by atoms with Crippen LogP contribution < -0.4 is 0 Å². The molecule has 1 aromatic rings. The average Bonchev–Trinajstić information content (AvgIpc) is 2.45. The Hall–Kier alpha value is -0.730. The van der Waals surface area contributed by atoms with Crippen LogP contribution in [-0.2, 0) is 4.74 Å². The average molecular weight is 393 g/mol. The summed E-state index contributed by atoms with van der Waals surface area (Å²) in [7, 11) is 0. The lowest BCUT2D eigenvalue weighted by atomic mass is 10.1. The molecule has 0 aromatic heterocycles. The molecule has 110 valence electrons. The molecule has 6 heteroatoms. The first kappa shape index (κ1) is 15.7. The van der Waals surface area contributed by atoms with Gasteiger partial charge in [0.25, 0.3) is 5.91 Å². The van der Waals surface area contributed by atoms with E-state index in [1.54, 1.807) is 4.90 Å². The van der Waals surface area contributed by atoms with E-state index in [2.05, 4.69) is 0 Å².